The Kier molecular flexibility index (Phi) is 8.35. The average Bonchev–Trinajstić information content (AvgIpc) is 3.90. The van der Waals surface area contributed by atoms with Crippen LogP contribution >= 0.6 is 0 Å². The van der Waals surface area contributed by atoms with Gasteiger partial charge in [0.1, 0.15) is 17.0 Å². The van der Waals surface area contributed by atoms with Crippen LogP contribution in [-0.4, -0.2) is 68.0 Å². The number of imidazole rings is 1. The highest BCUT2D eigenvalue weighted by atomic mass is 16.6. The molecule has 0 bridgehead atoms. The number of H-pyrrole nitrogens is 1. The van der Waals surface area contributed by atoms with Crippen molar-refractivity contribution in [1.82, 2.24) is 19.8 Å². The van der Waals surface area contributed by atoms with E-state index < -0.39 is 11.2 Å². The zero-order valence-electron chi connectivity index (χ0n) is 31.0. The number of benzene rings is 4. The summed E-state index contributed by atoms with van der Waals surface area (Å²) in [5, 5.41) is 2.34. The quantitative estimate of drug-likeness (QED) is 0.202. The van der Waals surface area contributed by atoms with Gasteiger partial charge in [-0.1, -0.05) is 36.4 Å². The number of aromatic nitrogens is 2. The van der Waals surface area contributed by atoms with Crippen LogP contribution in [0.1, 0.15) is 84.7 Å². The zero-order chi connectivity index (χ0) is 36.4. The highest BCUT2D eigenvalue weighted by Gasteiger charge is 2.37. The molecule has 8 rings (SSSR count). The van der Waals surface area contributed by atoms with Crippen molar-refractivity contribution in [2.24, 2.45) is 4.99 Å². The fourth-order valence-corrected chi connectivity index (χ4v) is 7.81. The van der Waals surface area contributed by atoms with Gasteiger partial charge in [0.15, 0.2) is 0 Å². The summed E-state index contributed by atoms with van der Waals surface area (Å²) in [4.78, 5) is 42.9. The second kappa shape index (κ2) is 12.8. The van der Waals surface area contributed by atoms with Gasteiger partial charge in [0.25, 0.3) is 0 Å². The molecule has 0 radical (unpaired) electrons. The highest BCUT2D eigenvalue weighted by molar-refractivity contribution is 6.00. The lowest BCUT2D eigenvalue weighted by Crippen LogP contribution is -2.43. The van der Waals surface area contributed by atoms with Crippen molar-refractivity contribution in [3.63, 3.8) is 0 Å². The molecule has 9 nitrogen and oxygen atoms in total. The van der Waals surface area contributed by atoms with Crippen LogP contribution in [-0.2, 0) is 15.9 Å². The topological polar surface area (TPSA) is 100 Å². The van der Waals surface area contributed by atoms with E-state index >= 15 is 0 Å². The first-order valence-electron chi connectivity index (χ1n) is 18.5. The molecule has 0 spiro atoms. The van der Waals surface area contributed by atoms with Gasteiger partial charge in [0.2, 0.25) is 0 Å². The fourth-order valence-electron chi connectivity index (χ4n) is 7.81. The van der Waals surface area contributed by atoms with Crippen LogP contribution in [0.4, 0.5) is 15.3 Å². The molecule has 3 aliphatic heterocycles. The number of carbonyl (C=O) groups excluding carboxylic acids is 2. The molecule has 268 valence electrons. The first-order chi connectivity index (χ1) is 24.8. The second-order valence-corrected chi connectivity index (χ2v) is 16.4. The van der Waals surface area contributed by atoms with Gasteiger partial charge in [0.05, 0.1) is 28.8 Å². The van der Waals surface area contributed by atoms with Crippen LogP contribution in [0.25, 0.3) is 44.1 Å². The normalized spacial score (nSPS) is 19.0. The Hall–Kier alpha value is -5.18. The van der Waals surface area contributed by atoms with E-state index in [1.54, 1.807) is 4.90 Å². The van der Waals surface area contributed by atoms with E-state index in [9.17, 15) is 9.59 Å². The molecule has 3 aliphatic rings. The molecule has 2 amide bonds. The van der Waals surface area contributed by atoms with Gasteiger partial charge in [-0.15, -0.1) is 0 Å². The van der Waals surface area contributed by atoms with Crippen LogP contribution < -0.4 is 0 Å². The third-order valence-corrected chi connectivity index (χ3v) is 10.2. The van der Waals surface area contributed by atoms with Gasteiger partial charge in [0, 0.05) is 25.2 Å². The molecule has 1 aromatic heterocycles. The molecule has 0 unspecified atom stereocenters. The molecular formula is C43H47N5O4. The van der Waals surface area contributed by atoms with Gasteiger partial charge in [-0.2, -0.15) is 0 Å². The number of carbonyl (C=O) groups is 2. The van der Waals surface area contributed by atoms with E-state index in [1.807, 2.05) is 46.4 Å². The zero-order valence-corrected chi connectivity index (χ0v) is 31.0. The Morgan fingerprint density at radius 2 is 1.23 bits per heavy atom. The Balaban J connectivity index is 0.982. The van der Waals surface area contributed by atoms with E-state index in [0.717, 1.165) is 82.6 Å². The Morgan fingerprint density at radius 1 is 0.692 bits per heavy atom. The average molecular weight is 698 g/mol. The maximum absolute atomic E-state index is 12.9. The molecule has 1 N–H and O–H groups in total. The standard InChI is InChI=1S/C43H47N5O4/c1-42(2,3)51-40(49)47-19-7-9-37(47)36-25-32-23-30(15-17-33(32)44-36)28-12-11-27-22-29(14-13-26(27)21-28)31-16-18-34-35(24-31)46-39(45-34)38-10-8-20-48(38)41(50)52-43(4,5)6/h11-18,21-24,37-38H,7-10,19-20,25H2,1-6H3,(H,45,46)/t37-,38-/m0/s1. The van der Waals surface area contributed by atoms with Crippen molar-refractivity contribution >= 4 is 45.4 Å². The van der Waals surface area contributed by atoms with E-state index in [2.05, 4.69) is 77.8 Å². The summed E-state index contributed by atoms with van der Waals surface area (Å²) in [6.07, 6.45) is 3.85. The summed E-state index contributed by atoms with van der Waals surface area (Å²) in [6.45, 7) is 12.8. The molecule has 2 fully saturated rings. The third kappa shape index (κ3) is 6.76. The van der Waals surface area contributed by atoms with E-state index in [0.29, 0.717) is 13.1 Å². The van der Waals surface area contributed by atoms with Crippen molar-refractivity contribution in [1.29, 1.82) is 0 Å². The minimum absolute atomic E-state index is 0.0154. The number of hydrogen-bond acceptors (Lipinski definition) is 6. The molecule has 0 aliphatic carbocycles. The van der Waals surface area contributed by atoms with Crippen molar-refractivity contribution in [2.75, 3.05) is 13.1 Å². The number of fused-ring (bicyclic) bond motifs is 3. The van der Waals surface area contributed by atoms with Crippen molar-refractivity contribution in [3.8, 4) is 22.3 Å². The van der Waals surface area contributed by atoms with Crippen molar-refractivity contribution < 1.29 is 19.1 Å². The number of hydrogen-bond donors (Lipinski definition) is 1. The molecule has 5 aromatic rings. The van der Waals surface area contributed by atoms with Gasteiger partial charge in [-0.05, 0) is 142 Å². The SMILES string of the molecule is CC(C)(C)OC(=O)N1CCC[C@H]1C1=Nc2ccc(-c3ccc4cc(-c5ccc6nc([C@@H]7CCCN7C(=O)OC(C)(C)C)[nH]c6c5)ccc4c3)cc2C1. The lowest BCUT2D eigenvalue weighted by Gasteiger charge is -2.28. The van der Waals surface area contributed by atoms with Gasteiger partial charge in [-0.3, -0.25) is 14.8 Å². The summed E-state index contributed by atoms with van der Waals surface area (Å²) < 4.78 is 11.4. The smallest absolute Gasteiger partial charge is 0.410 e. The minimum atomic E-state index is -0.541. The van der Waals surface area contributed by atoms with Crippen LogP contribution in [0.2, 0.25) is 0 Å². The van der Waals surface area contributed by atoms with Crippen LogP contribution in [0.5, 0.6) is 0 Å². The number of aliphatic imine (C=N–C) groups is 1. The number of nitrogens with zero attached hydrogens (tertiary/aromatic N) is 4. The fraction of sp³-hybridized carbons (Fsp3) is 0.395. The van der Waals surface area contributed by atoms with Crippen molar-refractivity contribution in [3.05, 3.63) is 84.2 Å². The minimum Gasteiger partial charge on any atom is -0.444 e. The number of nitrogens with one attached hydrogen (secondary N) is 1. The maximum Gasteiger partial charge on any atom is 0.410 e. The number of amides is 2. The summed E-state index contributed by atoms with van der Waals surface area (Å²) in [5.41, 5.74) is 8.56. The number of rotatable bonds is 4. The first-order valence-corrected chi connectivity index (χ1v) is 18.5. The summed E-state index contributed by atoms with van der Waals surface area (Å²) >= 11 is 0. The van der Waals surface area contributed by atoms with Crippen LogP contribution in [0.3, 0.4) is 0 Å². The number of aromatic amines is 1. The second-order valence-electron chi connectivity index (χ2n) is 16.4. The van der Waals surface area contributed by atoms with E-state index in [-0.39, 0.29) is 24.3 Å². The molecule has 9 heteroatoms. The lowest BCUT2D eigenvalue weighted by atomic mass is 9.95. The third-order valence-electron chi connectivity index (χ3n) is 10.2. The molecule has 0 saturated carbocycles. The molecular weight excluding hydrogens is 651 g/mol. The van der Waals surface area contributed by atoms with Crippen LogP contribution in [0, 0.1) is 0 Å². The lowest BCUT2D eigenvalue weighted by molar-refractivity contribution is 0.0216. The molecule has 2 atom stereocenters. The van der Waals surface area contributed by atoms with Crippen molar-refractivity contribution in [2.45, 2.75) is 96.9 Å². The molecule has 52 heavy (non-hydrogen) atoms. The van der Waals surface area contributed by atoms with Gasteiger partial charge in [-0.25, -0.2) is 14.6 Å². The Morgan fingerprint density at radius 3 is 1.87 bits per heavy atom. The molecule has 2 saturated heterocycles. The Bertz CT molecular complexity index is 2240. The first kappa shape index (κ1) is 33.9. The number of ether oxygens (including phenoxy) is 2. The van der Waals surface area contributed by atoms with Gasteiger partial charge >= 0.3 is 12.2 Å². The highest BCUT2D eigenvalue weighted by Crippen LogP contribution is 2.37. The molecule has 4 heterocycles. The predicted molar refractivity (Wildman–Crippen MR) is 206 cm³/mol. The summed E-state index contributed by atoms with van der Waals surface area (Å²) in [5.74, 6) is 0.803. The Labute approximate surface area is 305 Å². The maximum atomic E-state index is 12.9. The van der Waals surface area contributed by atoms with E-state index in [1.165, 1.54) is 16.3 Å². The van der Waals surface area contributed by atoms with Gasteiger partial charge < -0.3 is 14.5 Å². The summed E-state index contributed by atoms with van der Waals surface area (Å²) in [7, 11) is 0. The monoisotopic (exact) mass is 697 g/mol. The van der Waals surface area contributed by atoms with Crippen LogP contribution in [0.15, 0.2) is 77.8 Å². The molecule has 4 aromatic carbocycles. The summed E-state index contributed by atoms with van der Waals surface area (Å²) in [6, 6.07) is 25.9. The van der Waals surface area contributed by atoms with E-state index in [4.69, 9.17) is 19.5 Å². The number of likely N-dealkylation sites (tertiary alicyclic amines) is 2. The largest absolute Gasteiger partial charge is 0.444 e. The predicted octanol–water partition coefficient (Wildman–Crippen LogP) is 10.2.